The molecule has 1 heterocycles. The van der Waals surface area contributed by atoms with Crippen LogP contribution in [0.5, 0.6) is 11.5 Å². The molecule has 1 unspecified atom stereocenters. The molecular weight excluding hydrogens is 625 g/mol. The van der Waals surface area contributed by atoms with Crippen molar-refractivity contribution in [1.29, 1.82) is 0 Å². The minimum atomic E-state index is -3.94. The number of nitrogens with one attached hydrogen (secondary N) is 1. The standard InChI is InChI=1S/C32H35Cl2N3O6S/c1-44(40,41)37(26-13-14-29-30(19-26)43-16-15-42-29)21-31(38)36(20-23-11-12-24(33)18-27(23)34)28(17-22-7-3-2-4-8-22)32(39)35-25-9-5-6-10-25/h2-4,7-8,11-14,18-19,25,28H,5-6,9-10,15-17,20-21H2,1H3,(H,35,39). The first-order valence-corrected chi connectivity index (χ1v) is 17.1. The molecule has 9 nitrogen and oxygen atoms in total. The summed E-state index contributed by atoms with van der Waals surface area (Å²) >= 11 is 12.7. The third-order valence-corrected chi connectivity index (χ3v) is 9.55. The Morgan fingerprint density at radius 2 is 1.66 bits per heavy atom. The third-order valence-electron chi connectivity index (χ3n) is 7.82. The van der Waals surface area contributed by atoms with Crippen molar-refractivity contribution in [2.24, 2.45) is 0 Å². The quantitative estimate of drug-likeness (QED) is 0.302. The van der Waals surface area contributed by atoms with Crippen LogP contribution in [0, 0.1) is 0 Å². The smallest absolute Gasteiger partial charge is 0.244 e. The Kier molecular flexibility index (Phi) is 10.2. The zero-order valence-corrected chi connectivity index (χ0v) is 26.7. The predicted octanol–water partition coefficient (Wildman–Crippen LogP) is 5.23. The minimum absolute atomic E-state index is 0.0158. The van der Waals surface area contributed by atoms with Gasteiger partial charge in [-0.2, -0.15) is 0 Å². The van der Waals surface area contributed by atoms with E-state index in [4.69, 9.17) is 32.7 Å². The van der Waals surface area contributed by atoms with Gasteiger partial charge in [0.15, 0.2) is 11.5 Å². The number of rotatable bonds is 11. The van der Waals surface area contributed by atoms with E-state index in [1.54, 1.807) is 30.3 Å². The third kappa shape index (κ3) is 7.97. The summed E-state index contributed by atoms with van der Waals surface area (Å²) in [6.07, 6.45) is 5.04. The van der Waals surface area contributed by atoms with Gasteiger partial charge in [-0.1, -0.05) is 72.4 Å². The summed E-state index contributed by atoms with van der Waals surface area (Å²) in [7, 11) is -3.94. The van der Waals surface area contributed by atoms with Gasteiger partial charge in [0.1, 0.15) is 25.8 Å². The Morgan fingerprint density at radius 1 is 0.955 bits per heavy atom. The van der Waals surface area contributed by atoms with Gasteiger partial charge in [0.25, 0.3) is 0 Å². The average molecular weight is 661 g/mol. The van der Waals surface area contributed by atoms with Crippen molar-refractivity contribution in [2.75, 3.05) is 30.3 Å². The normalized spacial score (nSPS) is 15.4. The lowest BCUT2D eigenvalue weighted by Gasteiger charge is -2.34. The average Bonchev–Trinajstić information content (AvgIpc) is 3.51. The van der Waals surface area contributed by atoms with Crippen LogP contribution in [0.25, 0.3) is 0 Å². The first-order valence-electron chi connectivity index (χ1n) is 14.5. The molecule has 0 aromatic heterocycles. The molecule has 2 amide bonds. The maximum absolute atomic E-state index is 14.3. The highest BCUT2D eigenvalue weighted by Gasteiger charge is 2.35. The van der Waals surface area contributed by atoms with Gasteiger partial charge in [0.05, 0.1) is 11.9 Å². The van der Waals surface area contributed by atoms with E-state index >= 15 is 0 Å². The maximum atomic E-state index is 14.3. The first-order chi connectivity index (χ1) is 21.1. The van der Waals surface area contributed by atoms with Crippen molar-refractivity contribution in [3.63, 3.8) is 0 Å². The summed E-state index contributed by atoms with van der Waals surface area (Å²) in [6.45, 7) is 0.116. The first kappa shape index (κ1) is 31.9. The summed E-state index contributed by atoms with van der Waals surface area (Å²) < 4.78 is 38.5. The second kappa shape index (κ2) is 14.1. The molecule has 3 aromatic rings. The fourth-order valence-electron chi connectivity index (χ4n) is 5.56. The summed E-state index contributed by atoms with van der Waals surface area (Å²) in [5.74, 6) is 0.00565. The Morgan fingerprint density at radius 3 is 2.34 bits per heavy atom. The molecule has 0 spiro atoms. The molecule has 1 aliphatic carbocycles. The van der Waals surface area contributed by atoms with Crippen LogP contribution in [0.1, 0.15) is 36.8 Å². The molecule has 1 saturated carbocycles. The molecule has 2 aliphatic rings. The molecule has 1 N–H and O–H groups in total. The van der Waals surface area contributed by atoms with Gasteiger partial charge in [0.2, 0.25) is 21.8 Å². The van der Waals surface area contributed by atoms with E-state index in [-0.39, 0.29) is 30.6 Å². The van der Waals surface area contributed by atoms with Crippen molar-refractivity contribution in [2.45, 2.75) is 50.7 Å². The molecule has 1 aliphatic heterocycles. The van der Waals surface area contributed by atoms with Crippen LogP contribution >= 0.6 is 23.2 Å². The molecule has 3 aromatic carbocycles. The molecule has 234 valence electrons. The van der Waals surface area contributed by atoms with Crippen LogP contribution in [-0.2, 0) is 32.6 Å². The predicted molar refractivity (Wildman–Crippen MR) is 171 cm³/mol. The lowest BCUT2D eigenvalue weighted by atomic mass is 10.0. The number of carbonyl (C=O) groups excluding carboxylic acids is 2. The zero-order chi connectivity index (χ0) is 31.3. The number of sulfonamides is 1. The second-order valence-electron chi connectivity index (χ2n) is 11.1. The van der Waals surface area contributed by atoms with E-state index in [1.807, 2.05) is 30.3 Å². The number of hydrogen-bond donors (Lipinski definition) is 1. The molecule has 0 saturated heterocycles. The molecule has 12 heteroatoms. The van der Waals surface area contributed by atoms with E-state index in [9.17, 15) is 18.0 Å². The Balaban J connectivity index is 1.52. The van der Waals surface area contributed by atoms with E-state index < -0.39 is 28.5 Å². The Bertz CT molecular complexity index is 1600. The van der Waals surface area contributed by atoms with Crippen LogP contribution in [0.3, 0.4) is 0 Å². The topological polar surface area (TPSA) is 105 Å². The lowest BCUT2D eigenvalue weighted by Crippen LogP contribution is -2.54. The van der Waals surface area contributed by atoms with E-state index in [2.05, 4.69) is 5.32 Å². The number of anilines is 1. The Labute approximate surface area is 268 Å². The highest BCUT2D eigenvalue weighted by molar-refractivity contribution is 7.92. The number of amides is 2. The van der Waals surface area contributed by atoms with Crippen LogP contribution in [0.15, 0.2) is 66.7 Å². The number of nitrogens with zero attached hydrogens (tertiary/aromatic N) is 2. The second-order valence-corrected chi connectivity index (χ2v) is 13.8. The van der Waals surface area contributed by atoms with Gasteiger partial charge in [-0.15, -0.1) is 0 Å². The van der Waals surface area contributed by atoms with E-state index in [0.29, 0.717) is 40.3 Å². The molecule has 0 radical (unpaired) electrons. The highest BCUT2D eigenvalue weighted by Crippen LogP contribution is 2.35. The Hall–Kier alpha value is -3.47. The summed E-state index contributed by atoms with van der Waals surface area (Å²) in [5, 5.41) is 3.90. The van der Waals surface area contributed by atoms with Gasteiger partial charge in [0, 0.05) is 35.1 Å². The van der Waals surface area contributed by atoms with Gasteiger partial charge < -0.3 is 19.7 Å². The number of ether oxygens (including phenoxy) is 2. The van der Waals surface area contributed by atoms with Crippen molar-refractivity contribution in [3.05, 3.63) is 87.9 Å². The van der Waals surface area contributed by atoms with Crippen molar-refractivity contribution in [3.8, 4) is 11.5 Å². The van der Waals surface area contributed by atoms with E-state index in [0.717, 1.165) is 41.8 Å². The number of halogens is 2. The fourth-order valence-corrected chi connectivity index (χ4v) is 6.87. The number of fused-ring (bicyclic) bond motifs is 1. The van der Waals surface area contributed by atoms with Gasteiger partial charge >= 0.3 is 0 Å². The molecular formula is C32H35Cl2N3O6S. The van der Waals surface area contributed by atoms with Gasteiger partial charge in [-0.3, -0.25) is 13.9 Å². The van der Waals surface area contributed by atoms with Crippen LogP contribution in [-0.4, -0.2) is 63.2 Å². The minimum Gasteiger partial charge on any atom is -0.486 e. The maximum Gasteiger partial charge on any atom is 0.244 e. The lowest BCUT2D eigenvalue weighted by molar-refractivity contribution is -0.140. The zero-order valence-electron chi connectivity index (χ0n) is 24.4. The van der Waals surface area contributed by atoms with Crippen LogP contribution in [0.2, 0.25) is 10.0 Å². The van der Waals surface area contributed by atoms with Crippen LogP contribution < -0.4 is 19.1 Å². The highest BCUT2D eigenvalue weighted by atomic mass is 35.5. The molecule has 1 atom stereocenters. The number of carbonyl (C=O) groups is 2. The van der Waals surface area contributed by atoms with Crippen molar-refractivity contribution in [1.82, 2.24) is 10.2 Å². The van der Waals surface area contributed by atoms with Crippen molar-refractivity contribution >= 4 is 50.7 Å². The van der Waals surface area contributed by atoms with E-state index in [1.165, 1.54) is 11.0 Å². The molecule has 0 bridgehead atoms. The molecule has 5 rings (SSSR count). The van der Waals surface area contributed by atoms with Gasteiger partial charge in [-0.05, 0) is 48.2 Å². The summed E-state index contributed by atoms with van der Waals surface area (Å²) in [6, 6.07) is 18.1. The van der Waals surface area contributed by atoms with Gasteiger partial charge in [-0.25, -0.2) is 8.42 Å². The molecule has 1 fully saturated rings. The number of benzene rings is 3. The van der Waals surface area contributed by atoms with Crippen molar-refractivity contribution < 1.29 is 27.5 Å². The largest absolute Gasteiger partial charge is 0.486 e. The molecule has 44 heavy (non-hydrogen) atoms. The monoisotopic (exact) mass is 659 g/mol. The SMILES string of the molecule is CS(=O)(=O)N(CC(=O)N(Cc1ccc(Cl)cc1Cl)C(Cc1ccccc1)C(=O)NC1CCCC1)c1ccc2c(c1)OCCO2. The number of hydrogen-bond acceptors (Lipinski definition) is 6. The fraction of sp³-hybridized carbons (Fsp3) is 0.375. The van der Waals surface area contributed by atoms with Crippen LogP contribution in [0.4, 0.5) is 5.69 Å². The summed E-state index contributed by atoms with van der Waals surface area (Å²) in [5.41, 5.74) is 1.66. The summed E-state index contributed by atoms with van der Waals surface area (Å²) in [4.78, 5) is 29.7.